The van der Waals surface area contributed by atoms with Crippen LogP contribution in [-0.2, 0) is 6.42 Å². The number of hydrogen-bond donors (Lipinski definition) is 1. The normalized spacial score (nSPS) is 18.3. The van der Waals surface area contributed by atoms with Crippen molar-refractivity contribution in [3.8, 4) is 0 Å². The van der Waals surface area contributed by atoms with Gasteiger partial charge in [-0.3, -0.25) is 0 Å². The van der Waals surface area contributed by atoms with Crippen LogP contribution in [0.2, 0.25) is 0 Å². The third-order valence-corrected chi connectivity index (χ3v) is 3.30. The van der Waals surface area contributed by atoms with Gasteiger partial charge >= 0.3 is 0 Å². The molecule has 0 atom stereocenters. The molecule has 0 unspecified atom stereocenters. The van der Waals surface area contributed by atoms with Gasteiger partial charge in [-0.1, -0.05) is 0 Å². The average molecular weight is 263 g/mol. The summed E-state index contributed by atoms with van der Waals surface area (Å²) in [5.41, 5.74) is -0.245. The molecule has 2 rings (SSSR count). The van der Waals surface area contributed by atoms with Gasteiger partial charge in [-0.2, -0.15) is 0 Å². The van der Waals surface area contributed by atoms with Gasteiger partial charge in [0.15, 0.2) is 0 Å². The fourth-order valence-corrected chi connectivity index (χ4v) is 1.78. The van der Waals surface area contributed by atoms with Crippen LogP contribution in [0.5, 0.6) is 0 Å². The number of benzene rings is 1. The summed E-state index contributed by atoms with van der Waals surface area (Å²) >= 11 is 3.04. The summed E-state index contributed by atoms with van der Waals surface area (Å²) in [6, 6.07) is 2.08. The van der Waals surface area contributed by atoms with E-state index in [2.05, 4.69) is 15.9 Å². The number of halogens is 3. The van der Waals surface area contributed by atoms with Gasteiger partial charge in [0.2, 0.25) is 0 Å². The molecule has 1 aromatic rings. The van der Waals surface area contributed by atoms with Crippen molar-refractivity contribution in [2.24, 2.45) is 0 Å². The predicted octanol–water partition coefficient (Wildman–Crippen LogP) is 2.79. The first-order chi connectivity index (χ1) is 6.50. The zero-order valence-corrected chi connectivity index (χ0v) is 8.94. The first kappa shape index (κ1) is 10.1. The summed E-state index contributed by atoms with van der Waals surface area (Å²) in [7, 11) is 0. The zero-order valence-electron chi connectivity index (χ0n) is 7.36. The van der Waals surface area contributed by atoms with Crippen molar-refractivity contribution in [2.45, 2.75) is 24.9 Å². The fraction of sp³-hybridized carbons (Fsp3) is 0.400. The minimum atomic E-state index is -0.733. The molecule has 0 amide bonds. The van der Waals surface area contributed by atoms with Crippen molar-refractivity contribution in [3.63, 3.8) is 0 Å². The quantitative estimate of drug-likeness (QED) is 0.813. The van der Waals surface area contributed by atoms with Gasteiger partial charge in [-0.15, -0.1) is 0 Å². The van der Waals surface area contributed by atoms with E-state index in [1.807, 2.05) is 0 Å². The maximum Gasteiger partial charge on any atom is 0.140 e. The molecule has 1 nitrogen and oxygen atoms in total. The van der Waals surface area contributed by atoms with Crippen molar-refractivity contribution < 1.29 is 13.9 Å². The Morgan fingerprint density at radius 3 is 2.57 bits per heavy atom. The van der Waals surface area contributed by atoms with Crippen molar-refractivity contribution in [1.29, 1.82) is 0 Å². The second-order valence-electron chi connectivity index (χ2n) is 3.76. The molecule has 76 valence electrons. The molecule has 14 heavy (non-hydrogen) atoms. The summed E-state index contributed by atoms with van der Waals surface area (Å²) in [4.78, 5) is 0. The van der Waals surface area contributed by atoms with Crippen LogP contribution in [0.1, 0.15) is 18.4 Å². The summed E-state index contributed by atoms with van der Waals surface area (Å²) in [5.74, 6) is -1.23. The molecular formula is C10H9BrF2O. The summed E-state index contributed by atoms with van der Waals surface area (Å²) in [6.45, 7) is 0. The second kappa shape index (κ2) is 3.28. The van der Waals surface area contributed by atoms with E-state index in [-0.39, 0.29) is 4.47 Å². The molecule has 4 heteroatoms. The van der Waals surface area contributed by atoms with Crippen LogP contribution in [0.25, 0.3) is 0 Å². The molecule has 1 fully saturated rings. The largest absolute Gasteiger partial charge is 0.390 e. The van der Waals surface area contributed by atoms with Crippen LogP contribution < -0.4 is 0 Å². The van der Waals surface area contributed by atoms with Gasteiger partial charge in [0.25, 0.3) is 0 Å². The molecule has 1 N–H and O–H groups in total. The highest BCUT2D eigenvalue weighted by molar-refractivity contribution is 9.10. The molecule has 0 heterocycles. The number of rotatable bonds is 2. The van der Waals surface area contributed by atoms with Gasteiger partial charge in [0.05, 0.1) is 10.1 Å². The maximum atomic E-state index is 13.1. The Hall–Kier alpha value is -0.480. The molecule has 0 radical (unpaired) electrons. The third-order valence-electron chi connectivity index (χ3n) is 2.42. The van der Waals surface area contributed by atoms with E-state index in [0.717, 1.165) is 6.07 Å². The van der Waals surface area contributed by atoms with Crippen LogP contribution in [0.15, 0.2) is 16.6 Å². The molecule has 0 spiro atoms. The van der Waals surface area contributed by atoms with E-state index in [0.29, 0.717) is 24.8 Å². The molecular weight excluding hydrogens is 254 g/mol. The number of hydrogen-bond acceptors (Lipinski definition) is 1. The lowest BCUT2D eigenvalue weighted by molar-refractivity contribution is 0.150. The highest BCUT2D eigenvalue weighted by Crippen LogP contribution is 2.40. The van der Waals surface area contributed by atoms with Crippen LogP contribution in [-0.4, -0.2) is 10.7 Å². The summed E-state index contributed by atoms with van der Waals surface area (Å²) < 4.78 is 26.2. The van der Waals surface area contributed by atoms with Crippen LogP contribution in [0.3, 0.4) is 0 Å². The predicted molar refractivity (Wildman–Crippen MR) is 51.9 cm³/mol. The molecule has 0 aliphatic heterocycles. The van der Waals surface area contributed by atoms with E-state index < -0.39 is 17.2 Å². The van der Waals surface area contributed by atoms with Crippen molar-refractivity contribution in [3.05, 3.63) is 33.8 Å². The molecule has 1 aliphatic carbocycles. The standard InChI is InChI=1S/C10H9BrF2O/c11-9-6(5-10(14)1-2-10)3-7(12)4-8(9)13/h3-4,14H,1-2,5H2. The minimum Gasteiger partial charge on any atom is -0.390 e. The van der Waals surface area contributed by atoms with Gasteiger partial charge < -0.3 is 5.11 Å². The van der Waals surface area contributed by atoms with Crippen LogP contribution in [0, 0.1) is 11.6 Å². The van der Waals surface area contributed by atoms with Gasteiger partial charge in [0, 0.05) is 12.5 Å². The monoisotopic (exact) mass is 262 g/mol. The second-order valence-corrected chi connectivity index (χ2v) is 4.55. The Kier molecular flexibility index (Phi) is 2.35. The van der Waals surface area contributed by atoms with Crippen LogP contribution >= 0.6 is 15.9 Å². The summed E-state index contributed by atoms with van der Waals surface area (Å²) in [5, 5.41) is 9.62. The summed E-state index contributed by atoms with van der Waals surface area (Å²) in [6.07, 6.45) is 1.72. The maximum absolute atomic E-state index is 13.1. The van der Waals surface area contributed by atoms with Crippen molar-refractivity contribution >= 4 is 15.9 Å². The Labute approximate surface area is 88.9 Å². The molecule has 0 bridgehead atoms. The number of aliphatic hydroxyl groups is 1. The SMILES string of the molecule is OC1(Cc2cc(F)cc(F)c2Br)CC1. The average Bonchev–Trinajstić information content (AvgIpc) is 2.79. The van der Waals surface area contributed by atoms with Gasteiger partial charge in [-0.05, 0) is 40.4 Å². The van der Waals surface area contributed by atoms with E-state index in [1.165, 1.54) is 6.07 Å². The van der Waals surface area contributed by atoms with E-state index in [1.54, 1.807) is 0 Å². The lowest BCUT2D eigenvalue weighted by Crippen LogP contribution is -2.11. The molecule has 0 saturated heterocycles. The Balaban J connectivity index is 2.32. The zero-order chi connectivity index (χ0) is 10.3. The smallest absolute Gasteiger partial charge is 0.140 e. The molecule has 1 aromatic carbocycles. The Morgan fingerprint density at radius 1 is 1.36 bits per heavy atom. The van der Waals surface area contributed by atoms with Crippen molar-refractivity contribution in [2.75, 3.05) is 0 Å². The first-order valence-electron chi connectivity index (χ1n) is 4.36. The van der Waals surface area contributed by atoms with Gasteiger partial charge in [0.1, 0.15) is 11.6 Å². The van der Waals surface area contributed by atoms with E-state index in [4.69, 9.17) is 0 Å². The highest BCUT2D eigenvalue weighted by Gasteiger charge is 2.40. The molecule has 1 aliphatic rings. The van der Waals surface area contributed by atoms with E-state index in [9.17, 15) is 13.9 Å². The van der Waals surface area contributed by atoms with E-state index >= 15 is 0 Å². The van der Waals surface area contributed by atoms with Crippen LogP contribution in [0.4, 0.5) is 8.78 Å². The highest BCUT2D eigenvalue weighted by atomic mass is 79.9. The van der Waals surface area contributed by atoms with Crippen molar-refractivity contribution in [1.82, 2.24) is 0 Å². The topological polar surface area (TPSA) is 20.2 Å². The molecule has 1 saturated carbocycles. The Morgan fingerprint density at radius 2 is 2.00 bits per heavy atom. The lowest BCUT2D eigenvalue weighted by Gasteiger charge is -2.10. The third kappa shape index (κ3) is 1.96. The first-order valence-corrected chi connectivity index (χ1v) is 5.15. The van der Waals surface area contributed by atoms with Gasteiger partial charge in [-0.25, -0.2) is 8.78 Å². The lowest BCUT2D eigenvalue weighted by atomic mass is 10.1. The fourth-order valence-electron chi connectivity index (χ4n) is 1.41. The minimum absolute atomic E-state index is 0.249. The Bertz CT molecular complexity index is 375. The molecule has 0 aromatic heterocycles.